The van der Waals surface area contributed by atoms with Crippen molar-refractivity contribution in [3.63, 3.8) is 0 Å². The van der Waals surface area contributed by atoms with E-state index in [1.54, 1.807) is 19.4 Å². The zero-order valence-corrected chi connectivity index (χ0v) is 8.51. The molecular weight excluding hydrogens is 192 g/mol. The van der Waals surface area contributed by atoms with Gasteiger partial charge in [-0.05, 0) is 12.1 Å². The predicted molar refractivity (Wildman–Crippen MR) is 56.2 cm³/mol. The van der Waals surface area contributed by atoms with Gasteiger partial charge >= 0.3 is 0 Å². The van der Waals surface area contributed by atoms with E-state index in [9.17, 15) is 4.79 Å². The van der Waals surface area contributed by atoms with Crippen LogP contribution in [0.1, 0.15) is 16.1 Å². The molecule has 4 nitrogen and oxygen atoms in total. The third-order valence-electron chi connectivity index (χ3n) is 2.22. The van der Waals surface area contributed by atoms with Crippen molar-refractivity contribution in [1.29, 1.82) is 0 Å². The quantitative estimate of drug-likeness (QED) is 0.706. The van der Waals surface area contributed by atoms with Crippen LogP contribution in [0.4, 0.5) is 0 Å². The summed E-state index contributed by atoms with van der Waals surface area (Å²) in [6.45, 7) is 0.657. The van der Waals surface area contributed by atoms with Gasteiger partial charge in [0.2, 0.25) is 0 Å². The zero-order chi connectivity index (χ0) is 10.7. The molecule has 0 unspecified atom stereocenters. The minimum absolute atomic E-state index is 0.651. The maximum absolute atomic E-state index is 10.6. The molecule has 2 heterocycles. The summed E-state index contributed by atoms with van der Waals surface area (Å²) in [7, 11) is 1.67. The molecule has 2 aromatic heterocycles. The molecule has 0 amide bonds. The Morgan fingerprint density at radius 1 is 1.47 bits per heavy atom. The van der Waals surface area contributed by atoms with Crippen molar-refractivity contribution in [2.24, 2.45) is 0 Å². The molecule has 78 valence electrons. The molecule has 0 N–H and O–H groups in total. The number of ether oxygens (including phenoxy) is 1. The Hall–Kier alpha value is -1.68. The van der Waals surface area contributed by atoms with Crippen LogP contribution in [0.3, 0.4) is 0 Å². The molecule has 0 atom stereocenters. The summed E-state index contributed by atoms with van der Waals surface area (Å²) in [5, 5.41) is 0. The Morgan fingerprint density at radius 3 is 3.07 bits per heavy atom. The molecule has 0 saturated carbocycles. The van der Waals surface area contributed by atoms with Crippen LogP contribution in [0.5, 0.6) is 0 Å². The number of pyridine rings is 1. The molecule has 0 aliphatic rings. The number of nitrogens with zero attached hydrogens (tertiary/aromatic N) is 2. The summed E-state index contributed by atoms with van der Waals surface area (Å²) in [5.74, 6) is 0. The average Bonchev–Trinajstić information content (AvgIpc) is 2.67. The van der Waals surface area contributed by atoms with Crippen molar-refractivity contribution in [2.75, 3.05) is 13.7 Å². The smallest absolute Gasteiger partial charge is 0.151 e. The van der Waals surface area contributed by atoms with Gasteiger partial charge in [-0.15, -0.1) is 0 Å². The lowest BCUT2D eigenvalue weighted by molar-refractivity contribution is 0.112. The first-order valence-electron chi connectivity index (χ1n) is 4.75. The molecule has 15 heavy (non-hydrogen) atoms. The molecule has 0 radical (unpaired) electrons. The largest absolute Gasteiger partial charge is 0.384 e. The van der Waals surface area contributed by atoms with Crippen LogP contribution in [0.2, 0.25) is 0 Å². The number of methoxy groups -OCH3 is 1. The predicted octanol–water partition coefficient (Wildman–Crippen LogP) is 1.34. The van der Waals surface area contributed by atoms with E-state index >= 15 is 0 Å². The maximum Gasteiger partial charge on any atom is 0.151 e. The first-order valence-corrected chi connectivity index (χ1v) is 4.75. The van der Waals surface area contributed by atoms with Gasteiger partial charge in [-0.25, -0.2) is 4.98 Å². The van der Waals surface area contributed by atoms with Gasteiger partial charge in [0.15, 0.2) is 6.29 Å². The van der Waals surface area contributed by atoms with Crippen LogP contribution in [-0.2, 0) is 11.2 Å². The monoisotopic (exact) mass is 204 g/mol. The first kappa shape index (κ1) is 9.86. The Balaban J connectivity index is 2.33. The highest BCUT2D eigenvalue weighted by Gasteiger charge is 2.01. The van der Waals surface area contributed by atoms with E-state index in [0.717, 1.165) is 24.0 Å². The third kappa shape index (κ3) is 2.05. The van der Waals surface area contributed by atoms with Crippen LogP contribution in [0.25, 0.3) is 5.65 Å². The van der Waals surface area contributed by atoms with Gasteiger partial charge in [0, 0.05) is 31.5 Å². The summed E-state index contributed by atoms with van der Waals surface area (Å²) in [6, 6.07) is 3.59. The molecule has 0 fully saturated rings. The molecule has 2 aromatic rings. The van der Waals surface area contributed by atoms with E-state index in [0.29, 0.717) is 12.2 Å². The minimum Gasteiger partial charge on any atom is -0.384 e. The van der Waals surface area contributed by atoms with Crippen LogP contribution in [0, 0.1) is 0 Å². The molecule has 4 heteroatoms. The second-order valence-corrected chi connectivity index (χ2v) is 3.32. The van der Waals surface area contributed by atoms with E-state index < -0.39 is 0 Å². The van der Waals surface area contributed by atoms with E-state index in [1.165, 1.54) is 0 Å². The highest BCUT2D eigenvalue weighted by atomic mass is 16.5. The number of hydrogen-bond acceptors (Lipinski definition) is 3. The number of carbonyl (C=O) groups excluding carboxylic acids is 1. The fourth-order valence-corrected chi connectivity index (χ4v) is 1.46. The number of aldehydes is 1. The number of fused-ring (bicyclic) bond motifs is 1. The van der Waals surface area contributed by atoms with Crippen molar-refractivity contribution < 1.29 is 9.53 Å². The third-order valence-corrected chi connectivity index (χ3v) is 2.22. The fraction of sp³-hybridized carbons (Fsp3) is 0.273. The number of carbonyl (C=O) groups is 1. The molecular formula is C11H12N2O2. The number of hydrogen-bond donors (Lipinski definition) is 0. The average molecular weight is 204 g/mol. The zero-order valence-electron chi connectivity index (χ0n) is 8.51. The van der Waals surface area contributed by atoms with Crippen LogP contribution < -0.4 is 0 Å². The van der Waals surface area contributed by atoms with Crippen molar-refractivity contribution >= 4 is 11.9 Å². The van der Waals surface area contributed by atoms with Gasteiger partial charge in [0.05, 0.1) is 12.3 Å². The van der Waals surface area contributed by atoms with E-state index in [1.807, 2.05) is 16.7 Å². The summed E-state index contributed by atoms with van der Waals surface area (Å²) in [6.07, 6.45) is 5.30. The Labute approximate surface area is 87.5 Å². The van der Waals surface area contributed by atoms with Crippen LogP contribution in [0.15, 0.2) is 24.5 Å². The molecule has 0 aliphatic heterocycles. The molecule has 0 aromatic carbocycles. The first-order chi connectivity index (χ1) is 7.33. The lowest BCUT2D eigenvalue weighted by atomic mass is 10.3. The van der Waals surface area contributed by atoms with Gasteiger partial charge in [0.25, 0.3) is 0 Å². The van der Waals surface area contributed by atoms with Crippen LogP contribution in [-0.4, -0.2) is 29.4 Å². The summed E-state index contributed by atoms with van der Waals surface area (Å²) >= 11 is 0. The van der Waals surface area contributed by atoms with Gasteiger partial charge in [0.1, 0.15) is 5.65 Å². The highest BCUT2D eigenvalue weighted by Crippen LogP contribution is 2.07. The lowest BCUT2D eigenvalue weighted by Crippen LogP contribution is -1.93. The number of imidazole rings is 1. The van der Waals surface area contributed by atoms with Gasteiger partial charge in [-0.2, -0.15) is 0 Å². The lowest BCUT2D eigenvalue weighted by Gasteiger charge is -1.92. The van der Waals surface area contributed by atoms with Crippen LogP contribution >= 0.6 is 0 Å². The van der Waals surface area contributed by atoms with E-state index in [4.69, 9.17) is 4.74 Å². The van der Waals surface area contributed by atoms with Gasteiger partial charge in [-0.1, -0.05) is 0 Å². The normalized spacial score (nSPS) is 10.7. The molecule has 0 saturated heterocycles. The van der Waals surface area contributed by atoms with Gasteiger partial charge in [-0.3, -0.25) is 4.79 Å². The minimum atomic E-state index is 0.651. The fourth-order valence-electron chi connectivity index (χ4n) is 1.46. The molecule has 0 aliphatic carbocycles. The Morgan fingerprint density at radius 2 is 2.33 bits per heavy atom. The number of rotatable bonds is 4. The summed E-state index contributed by atoms with van der Waals surface area (Å²) in [4.78, 5) is 15.0. The molecule has 0 bridgehead atoms. The standard InChI is InChI=1S/C11H12N2O2/c1-15-5-4-10-7-13-6-9(8-14)2-3-11(13)12-10/h2-3,6-8H,4-5H2,1H3. The van der Waals surface area contributed by atoms with E-state index in [2.05, 4.69) is 4.98 Å². The molecule has 2 rings (SSSR count). The summed E-state index contributed by atoms with van der Waals surface area (Å²) in [5.41, 5.74) is 2.48. The second-order valence-electron chi connectivity index (χ2n) is 3.32. The van der Waals surface area contributed by atoms with Crippen molar-refractivity contribution in [3.05, 3.63) is 35.8 Å². The van der Waals surface area contributed by atoms with Gasteiger partial charge < -0.3 is 9.14 Å². The number of aromatic nitrogens is 2. The Kier molecular flexibility index (Phi) is 2.78. The SMILES string of the molecule is COCCc1cn2cc(C=O)ccc2n1. The van der Waals surface area contributed by atoms with Crippen molar-refractivity contribution in [2.45, 2.75) is 6.42 Å². The Bertz CT molecular complexity index is 476. The topological polar surface area (TPSA) is 43.6 Å². The summed E-state index contributed by atoms with van der Waals surface area (Å²) < 4.78 is 6.84. The van der Waals surface area contributed by atoms with E-state index in [-0.39, 0.29) is 0 Å². The highest BCUT2D eigenvalue weighted by molar-refractivity contribution is 5.74. The van der Waals surface area contributed by atoms with Crippen molar-refractivity contribution in [1.82, 2.24) is 9.38 Å². The van der Waals surface area contributed by atoms with Crippen molar-refractivity contribution in [3.8, 4) is 0 Å². The maximum atomic E-state index is 10.6. The molecule has 0 spiro atoms. The second kappa shape index (κ2) is 4.23.